The summed E-state index contributed by atoms with van der Waals surface area (Å²) in [5.41, 5.74) is 1.87. The van der Waals surface area contributed by atoms with E-state index in [4.69, 9.17) is 4.74 Å². The Morgan fingerprint density at radius 1 is 1.59 bits per heavy atom. The summed E-state index contributed by atoms with van der Waals surface area (Å²) in [5.74, 6) is 0.0894. The van der Waals surface area contributed by atoms with E-state index in [0.29, 0.717) is 6.42 Å². The van der Waals surface area contributed by atoms with Crippen LogP contribution in [0.5, 0.6) is 5.75 Å². The van der Waals surface area contributed by atoms with Gasteiger partial charge in [0.25, 0.3) is 0 Å². The number of anilines is 1. The summed E-state index contributed by atoms with van der Waals surface area (Å²) in [6.45, 7) is 0.887. The number of carbonyl (C=O) groups is 1. The van der Waals surface area contributed by atoms with Gasteiger partial charge in [-0.3, -0.25) is 4.79 Å². The van der Waals surface area contributed by atoms with E-state index >= 15 is 0 Å². The lowest BCUT2D eigenvalue weighted by Crippen LogP contribution is -2.28. The second kappa shape index (κ2) is 4.65. The SMILES string of the molecule is COC(=O)CC1CCN(C)c2cccc(O)c21. The molecule has 92 valence electrons. The van der Waals surface area contributed by atoms with Crippen LogP contribution < -0.4 is 4.90 Å². The molecule has 0 bridgehead atoms. The van der Waals surface area contributed by atoms with Crippen LogP contribution in [0.25, 0.3) is 0 Å². The van der Waals surface area contributed by atoms with Crippen molar-refractivity contribution < 1.29 is 14.6 Å². The van der Waals surface area contributed by atoms with Crippen molar-refractivity contribution in [3.05, 3.63) is 23.8 Å². The van der Waals surface area contributed by atoms with Gasteiger partial charge in [0.2, 0.25) is 0 Å². The van der Waals surface area contributed by atoms with Gasteiger partial charge >= 0.3 is 5.97 Å². The molecule has 0 radical (unpaired) electrons. The maximum Gasteiger partial charge on any atom is 0.306 e. The molecule has 0 fully saturated rings. The molecule has 0 amide bonds. The van der Waals surface area contributed by atoms with Gasteiger partial charge in [-0.25, -0.2) is 0 Å². The Balaban J connectivity index is 2.34. The second-order valence-corrected chi connectivity index (χ2v) is 4.40. The highest BCUT2D eigenvalue weighted by Gasteiger charge is 2.27. The third-order valence-corrected chi connectivity index (χ3v) is 3.33. The Kier molecular flexibility index (Phi) is 3.22. The first-order chi connectivity index (χ1) is 8.13. The number of esters is 1. The molecular weight excluding hydrogens is 218 g/mol. The number of benzene rings is 1. The highest BCUT2D eigenvalue weighted by Crippen LogP contribution is 2.41. The maximum absolute atomic E-state index is 11.4. The molecule has 0 saturated carbocycles. The van der Waals surface area contributed by atoms with Crippen molar-refractivity contribution in [1.29, 1.82) is 0 Å². The Labute approximate surface area is 101 Å². The third-order valence-electron chi connectivity index (χ3n) is 3.33. The van der Waals surface area contributed by atoms with Gasteiger partial charge < -0.3 is 14.7 Å². The van der Waals surface area contributed by atoms with E-state index in [1.165, 1.54) is 7.11 Å². The van der Waals surface area contributed by atoms with Gasteiger partial charge in [0, 0.05) is 30.8 Å². The number of ether oxygens (including phenoxy) is 1. The smallest absolute Gasteiger partial charge is 0.306 e. The van der Waals surface area contributed by atoms with Gasteiger partial charge in [0.15, 0.2) is 0 Å². The second-order valence-electron chi connectivity index (χ2n) is 4.40. The van der Waals surface area contributed by atoms with Crippen LogP contribution in [0.2, 0.25) is 0 Å². The third kappa shape index (κ3) is 2.20. The number of phenols is 1. The van der Waals surface area contributed by atoms with E-state index < -0.39 is 0 Å². The molecule has 4 heteroatoms. The number of phenolic OH excluding ortho intramolecular Hbond substituents is 1. The monoisotopic (exact) mass is 235 g/mol. The number of methoxy groups -OCH3 is 1. The Morgan fingerprint density at radius 3 is 3.06 bits per heavy atom. The van der Waals surface area contributed by atoms with Gasteiger partial charge in [-0.2, -0.15) is 0 Å². The quantitative estimate of drug-likeness (QED) is 0.795. The lowest BCUT2D eigenvalue weighted by Gasteiger charge is -2.33. The van der Waals surface area contributed by atoms with Crippen molar-refractivity contribution in [2.75, 3.05) is 25.6 Å². The molecule has 0 saturated heterocycles. The van der Waals surface area contributed by atoms with E-state index in [2.05, 4.69) is 4.90 Å². The number of nitrogens with zero attached hydrogens (tertiary/aromatic N) is 1. The van der Waals surface area contributed by atoms with E-state index in [9.17, 15) is 9.90 Å². The first kappa shape index (κ1) is 11.8. The molecule has 17 heavy (non-hydrogen) atoms. The van der Waals surface area contributed by atoms with Crippen LogP contribution in [0.15, 0.2) is 18.2 Å². The minimum Gasteiger partial charge on any atom is -0.508 e. The maximum atomic E-state index is 11.4. The van der Waals surface area contributed by atoms with Crippen LogP contribution in [-0.2, 0) is 9.53 Å². The van der Waals surface area contributed by atoms with Crippen LogP contribution in [0.1, 0.15) is 24.3 Å². The molecule has 1 N–H and O–H groups in total. The fourth-order valence-electron chi connectivity index (χ4n) is 2.40. The summed E-state index contributed by atoms with van der Waals surface area (Å²) < 4.78 is 4.70. The number of fused-ring (bicyclic) bond motifs is 1. The molecule has 0 spiro atoms. The molecule has 1 heterocycles. The number of hydrogen-bond donors (Lipinski definition) is 1. The highest BCUT2D eigenvalue weighted by molar-refractivity contribution is 5.72. The zero-order chi connectivity index (χ0) is 12.4. The Morgan fingerprint density at radius 2 is 2.35 bits per heavy atom. The van der Waals surface area contributed by atoms with Crippen molar-refractivity contribution in [2.45, 2.75) is 18.8 Å². The van der Waals surface area contributed by atoms with Crippen molar-refractivity contribution >= 4 is 11.7 Å². The number of carbonyl (C=O) groups excluding carboxylic acids is 1. The molecule has 0 aliphatic carbocycles. The van der Waals surface area contributed by atoms with Crippen LogP contribution in [0.4, 0.5) is 5.69 Å². The van der Waals surface area contributed by atoms with Crippen molar-refractivity contribution in [3.63, 3.8) is 0 Å². The van der Waals surface area contributed by atoms with Crippen molar-refractivity contribution in [2.24, 2.45) is 0 Å². The summed E-state index contributed by atoms with van der Waals surface area (Å²) in [6, 6.07) is 5.46. The molecule has 4 nitrogen and oxygen atoms in total. The van der Waals surface area contributed by atoms with E-state index in [0.717, 1.165) is 24.2 Å². The van der Waals surface area contributed by atoms with E-state index in [-0.39, 0.29) is 17.6 Å². The van der Waals surface area contributed by atoms with E-state index in [1.807, 2.05) is 19.2 Å². The first-order valence-corrected chi connectivity index (χ1v) is 5.73. The van der Waals surface area contributed by atoms with Gasteiger partial charge in [-0.15, -0.1) is 0 Å². The fourth-order valence-corrected chi connectivity index (χ4v) is 2.40. The van der Waals surface area contributed by atoms with Crippen molar-refractivity contribution in [1.82, 2.24) is 0 Å². The van der Waals surface area contributed by atoms with Crippen LogP contribution in [0, 0.1) is 0 Å². The summed E-state index contributed by atoms with van der Waals surface area (Å²) in [4.78, 5) is 13.5. The summed E-state index contributed by atoms with van der Waals surface area (Å²) >= 11 is 0. The average molecular weight is 235 g/mol. The number of hydrogen-bond acceptors (Lipinski definition) is 4. The summed E-state index contributed by atoms with van der Waals surface area (Å²) in [5, 5.41) is 9.95. The largest absolute Gasteiger partial charge is 0.508 e. The predicted octanol–water partition coefficient (Wildman–Crippen LogP) is 1.88. The minimum atomic E-state index is -0.228. The zero-order valence-electron chi connectivity index (χ0n) is 10.1. The van der Waals surface area contributed by atoms with Gasteiger partial charge in [0.1, 0.15) is 5.75 Å². The minimum absolute atomic E-state index is 0.0508. The summed E-state index contributed by atoms with van der Waals surface area (Å²) in [6.07, 6.45) is 1.19. The molecule has 1 aromatic carbocycles. The lowest BCUT2D eigenvalue weighted by atomic mass is 9.87. The summed E-state index contributed by atoms with van der Waals surface area (Å²) in [7, 11) is 3.38. The number of aromatic hydroxyl groups is 1. The van der Waals surface area contributed by atoms with Crippen molar-refractivity contribution in [3.8, 4) is 5.75 Å². The van der Waals surface area contributed by atoms with Gasteiger partial charge in [0.05, 0.1) is 13.5 Å². The molecular formula is C13H17NO3. The van der Waals surface area contributed by atoms with E-state index in [1.54, 1.807) is 6.07 Å². The zero-order valence-corrected chi connectivity index (χ0v) is 10.1. The Hall–Kier alpha value is -1.71. The lowest BCUT2D eigenvalue weighted by molar-refractivity contribution is -0.141. The fraction of sp³-hybridized carbons (Fsp3) is 0.462. The molecule has 0 aromatic heterocycles. The van der Waals surface area contributed by atoms with Crippen LogP contribution in [0.3, 0.4) is 0 Å². The van der Waals surface area contributed by atoms with Gasteiger partial charge in [-0.05, 0) is 18.6 Å². The Bertz CT molecular complexity index is 431. The van der Waals surface area contributed by atoms with Gasteiger partial charge in [-0.1, -0.05) is 6.07 Å². The average Bonchev–Trinajstić information content (AvgIpc) is 2.33. The molecule has 1 aliphatic heterocycles. The highest BCUT2D eigenvalue weighted by atomic mass is 16.5. The topological polar surface area (TPSA) is 49.8 Å². The van der Waals surface area contributed by atoms with Crippen LogP contribution >= 0.6 is 0 Å². The first-order valence-electron chi connectivity index (χ1n) is 5.73. The predicted molar refractivity (Wildman–Crippen MR) is 65.4 cm³/mol. The number of rotatable bonds is 2. The normalized spacial score (nSPS) is 18.7. The molecule has 2 rings (SSSR count). The molecule has 1 aliphatic rings. The molecule has 1 unspecified atom stereocenters. The molecule has 1 atom stereocenters. The standard InChI is InChI=1S/C13H17NO3/c1-14-7-6-9(8-12(16)17-2)13-10(14)4-3-5-11(13)15/h3-5,9,15H,6-8H2,1-2H3. The molecule has 1 aromatic rings. The van der Waals surface area contributed by atoms with Crippen LogP contribution in [-0.4, -0.2) is 31.8 Å².